The second-order valence-corrected chi connectivity index (χ2v) is 5.05. The van der Waals surface area contributed by atoms with Gasteiger partial charge in [0, 0.05) is 0 Å². The van der Waals surface area contributed by atoms with Crippen LogP contribution in [0.25, 0.3) is 0 Å². The minimum absolute atomic E-state index is 1.37. The fourth-order valence-corrected chi connectivity index (χ4v) is 1.30. The quantitative estimate of drug-likeness (QED) is 0.378. The number of hydrogen-bond donors (Lipinski definition) is 1. The summed E-state index contributed by atoms with van der Waals surface area (Å²) in [7, 11) is 0. The predicted molar refractivity (Wildman–Crippen MR) is 49.7 cm³/mol. The van der Waals surface area contributed by atoms with Crippen LogP contribution < -0.4 is 0 Å². The van der Waals surface area contributed by atoms with Gasteiger partial charge in [0.05, 0.1) is 0 Å². The zero-order chi connectivity index (χ0) is 22.0. The van der Waals surface area contributed by atoms with Gasteiger partial charge in [-0.25, -0.2) is 0 Å². The summed E-state index contributed by atoms with van der Waals surface area (Å²) >= 11 is 1.37. The SMILES string of the molecule is FC(F)(F)C(F)(F)C(F)(F)C(F)(F)C(F)(F)C(F)(F)C(F)(F)C(F)(F)S. The van der Waals surface area contributed by atoms with E-state index in [9.17, 15) is 74.6 Å². The summed E-state index contributed by atoms with van der Waals surface area (Å²) in [5.74, 6) is -49.7. The fourth-order valence-electron chi connectivity index (χ4n) is 1.16. The standard InChI is InChI=1S/C8HF17S/c9-1(10,3(13,14)5(17,18)7(21,22)23)2(11,12)4(15,16)6(19,20)8(24,25)26/h26H. The Morgan fingerprint density at radius 1 is 0.308 bits per heavy atom. The number of halogens is 17. The zero-order valence-electron chi connectivity index (χ0n) is 10.9. The smallest absolute Gasteiger partial charge is 0.192 e. The minimum Gasteiger partial charge on any atom is -0.192 e. The van der Waals surface area contributed by atoms with E-state index in [4.69, 9.17) is 0 Å². The Bertz CT molecular complexity index is 474. The average Bonchev–Trinajstić information content (AvgIpc) is 2.34. The molecule has 0 aliphatic carbocycles. The Morgan fingerprint density at radius 3 is 0.692 bits per heavy atom. The summed E-state index contributed by atoms with van der Waals surface area (Å²) in [4.78, 5) is 0. The Hall–Kier alpha value is -0.840. The van der Waals surface area contributed by atoms with Crippen LogP contribution in [0.2, 0.25) is 0 Å². The Balaban J connectivity index is 6.61. The third-order valence-electron chi connectivity index (χ3n) is 2.71. The van der Waals surface area contributed by atoms with Crippen LogP contribution in [0.1, 0.15) is 0 Å². The molecule has 0 aromatic rings. The van der Waals surface area contributed by atoms with Crippen LogP contribution in [0.5, 0.6) is 0 Å². The molecule has 0 aromatic heterocycles. The molecule has 0 aliphatic heterocycles. The first-order chi connectivity index (χ1) is 10.8. The van der Waals surface area contributed by atoms with Gasteiger partial charge in [0.1, 0.15) is 0 Å². The van der Waals surface area contributed by atoms with Gasteiger partial charge in [-0.05, 0) is 0 Å². The molecule has 0 rings (SSSR count). The van der Waals surface area contributed by atoms with E-state index in [2.05, 4.69) is 0 Å². The molecule has 0 heterocycles. The van der Waals surface area contributed by atoms with E-state index >= 15 is 0 Å². The summed E-state index contributed by atoms with van der Waals surface area (Å²) < 4.78 is 212. The first-order valence-corrected chi connectivity index (χ1v) is 5.63. The first kappa shape index (κ1) is 25.2. The lowest BCUT2D eigenvalue weighted by atomic mass is 9.91. The van der Waals surface area contributed by atoms with Gasteiger partial charge in [0.2, 0.25) is 0 Å². The van der Waals surface area contributed by atoms with Crippen LogP contribution in [0.4, 0.5) is 74.6 Å². The van der Waals surface area contributed by atoms with Gasteiger partial charge in [0.15, 0.2) is 0 Å². The maximum atomic E-state index is 12.9. The fraction of sp³-hybridized carbons (Fsp3) is 1.00. The molecule has 0 amide bonds. The van der Waals surface area contributed by atoms with E-state index in [-0.39, 0.29) is 0 Å². The lowest BCUT2D eigenvalue weighted by molar-refractivity contribution is -0.457. The Kier molecular flexibility index (Phi) is 5.64. The van der Waals surface area contributed by atoms with Crippen LogP contribution in [-0.2, 0) is 0 Å². The van der Waals surface area contributed by atoms with Crippen molar-refractivity contribution in [3.63, 3.8) is 0 Å². The highest BCUT2D eigenvalue weighted by atomic mass is 32.1. The molecule has 0 bridgehead atoms. The number of rotatable bonds is 6. The molecule has 158 valence electrons. The molecule has 26 heavy (non-hydrogen) atoms. The summed E-state index contributed by atoms with van der Waals surface area (Å²) in [6, 6.07) is 0. The van der Waals surface area contributed by atoms with Gasteiger partial charge < -0.3 is 0 Å². The van der Waals surface area contributed by atoms with E-state index in [1.165, 1.54) is 12.6 Å². The monoisotopic (exact) mass is 452 g/mol. The lowest BCUT2D eigenvalue weighted by Gasteiger charge is -2.42. The lowest BCUT2D eigenvalue weighted by Crippen LogP contribution is -2.74. The van der Waals surface area contributed by atoms with Crippen molar-refractivity contribution in [2.75, 3.05) is 0 Å². The van der Waals surface area contributed by atoms with Gasteiger partial charge in [-0.3, -0.25) is 0 Å². The highest BCUT2D eigenvalue weighted by molar-refractivity contribution is 7.81. The van der Waals surface area contributed by atoms with Crippen LogP contribution >= 0.6 is 12.6 Å². The maximum Gasteiger partial charge on any atom is 0.460 e. The van der Waals surface area contributed by atoms with Crippen LogP contribution in [0, 0.1) is 0 Å². The van der Waals surface area contributed by atoms with E-state index < -0.39 is 47.0 Å². The topological polar surface area (TPSA) is 0 Å². The second kappa shape index (κ2) is 5.83. The van der Waals surface area contributed by atoms with Crippen molar-refractivity contribution in [1.29, 1.82) is 0 Å². The molecule has 0 saturated heterocycles. The first-order valence-electron chi connectivity index (χ1n) is 5.19. The third-order valence-corrected chi connectivity index (χ3v) is 2.99. The molecule has 0 aliphatic rings. The molecule has 0 saturated carbocycles. The van der Waals surface area contributed by atoms with E-state index in [0.29, 0.717) is 0 Å². The van der Waals surface area contributed by atoms with E-state index in [1.807, 2.05) is 0 Å². The average molecular weight is 452 g/mol. The zero-order valence-corrected chi connectivity index (χ0v) is 11.8. The van der Waals surface area contributed by atoms with Crippen LogP contribution in [0.3, 0.4) is 0 Å². The van der Waals surface area contributed by atoms with Crippen LogP contribution in [-0.4, -0.2) is 47.0 Å². The second-order valence-electron chi connectivity index (χ2n) is 4.49. The molecule has 0 nitrogen and oxygen atoms in total. The van der Waals surface area contributed by atoms with E-state index in [1.54, 1.807) is 0 Å². The maximum absolute atomic E-state index is 12.9. The molecule has 0 N–H and O–H groups in total. The molecule has 18 heteroatoms. The van der Waals surface area contributed by atoms with Crippen molar-refractivity contribution in [2.45, 2.75) is 47.0 Å². The highest BCUT2D eigenvalue weighted by Crippen LogP contribution is 2.64. The molecular formula is C8HF17S. The van der Waals surface area contributed by atoms with Gasteiger partial charge in [-0.2, -0.15) is 74.6 Å². The van der Waals surface area contributed by atoms with Crippen molar-refractivity contribution in [3.05, 3.63) is 0 Å². The molecule has 0 unspecified atom stereocenters. The minimum atomic E-state index is -8.59. The summed E-state index contributed by atoms with van der Waals surface area (Å²) in [6.07, 6.45) is -7.75. The Morgan fingerprint density at radius 2 is 0.500 bits per heavy atom. The summed E-state index contributed by atoms with van der Waals surface area (Å²) in [6.45, 7) is 0. The number of alkyl halides is 17. The summed E-state index contributed by atoms with van der Waals surface area (Å²) in [5.41, 5.74) is 0. The van der Waals surface area contributed by atoms with E-state index in [0.717, 1.165) is 0 Å². The van der Waals surface area contributed by atoms with Crippen molar-refractivity contribution in [1.82, 2.24) is 0 Å². The van der Waals surface area contributed by atoms with Crippen molar-refractivity contribution < 1.29 is 74.6 Å². The van der Waals surface area contributed by atoms with Crippen molar-refractivity contribution >= 4 is 12.6 Å². The van der Waals surface area contributed by atoms with Crippen molar-refractivity contribution in [3.8, 4) is 0 Å². The third kappa shape index (κ3) is 2.94. The van der Waals surface area contributed by atoms with Gasteiger partial charge in [0.25, 0.3) is 0 Å². The van der Waals surface area contributed by atoms with Crippen LogP contribution in [0.15, 0.2) is 0 Å². The molecule has 0 atom stereocenters. The molecule has 0 aromatic carbocycles. The molecule has 0 fully saturated rings. The molecule has 0 radical (unpaired) electrons. The predicted octanol–water partition coefficient (Wildman–Crippen LogP) is 5.88. The van der Waals surface area contributed by atoms with Crippen molar-refractivity contribution in [2.24, 2.45) is 0 Å². The molecule has 0 spiro atoms. The number of hydrogen-bond acceptors (Lipinski definition) is 1. The summed E-state index contributed by atoms with van der Waals surface area (Å²) in [5, 5.41) is -6.61. The molecular weight excluding hydrogens is 451 g/mol. The largest absolute Gasteiger partial charge is 0.460 e. The van der Waals surface area contributed by atoms with Gasteiger partial charge in [-0.1, -0.05) is 12.6 Å². The number of thiol groups is 1. The van der Waals surface area contributed by atoms with Gasteiger partial charge >= 0.3 is 47.0 Å². The highest BCUT2D eigenvalue weighted by Gasteiger charge is 2.95. The normalized spacial score (nSPS) is 16.8. The Labute approximate surface area is 135 Å². The van der Waals surface area contributed by atoms with Gasteiger partial charge in [-0.15, -0.1) is 0 Å².